The minimum absolute atomic E-state index is 0.0388. The number of imide groups is 1. The molecule has 1 fully saturated rings. The Kier molecular flexibility index (Phi) is 12.7. The van der Waals surface area contributed by atoms with E-state index in [1.807, 2.05) is 20.8 Å². The van der Waals surface area contributed by atoms with E-state index in [0.717, 1.165) is 12.1 Å². The number of rotatable bonds is 7. The lowest BCUT2D eigenvalue weighted by atomic mass is 10.1. The molecule has 15 nitrogen and oxygen atoms in total. The van der Waals surface area contributed by atoms with Crippen LogP contribution in [0.2, 0.25) is 10.0 Å². The highest BCUT2D eigenvalue weighted by molar-refractivity contribution is 6.36. The Labute approximate surface area is 323 Å². The van der Waals surface area contributed by atoms with E-state index >= 15 is 0 Å². The SMILES string of the molecule is CC(Oc1cc(C(=O)Nc2cnn(C3CCN(C(=O)OC(C)(C)C)CC3)c2)nnc1N(C(=O)OC(C)(C)C)C(=O)OC(C)(C)C)c1c(Cl)ccc(F)c1Cl. The van der Waals surface area contributed by atoms with E-state index in [0.29, 0.717) is 36.5 Å². The number of amides is 4. The monoisotopic (exact) mass is 793 g/mol. The largest absolute Gasteiger partial charge is 0.482 e. The Morgan fingerprint density at radius 2 is 1.48 bits per heavy atom. The van der Waals surface area contributed by atoms with Crippen molar-refractivity contribution in [2.75, 3.05) is 23.3 Å². The number of anilines is 2. The molecule has 1 N–H and O–H groups in total. The number of hydrogen-bond acceptors (Lipinski definition) is 11. The lowest BCUT2D eigenvalue weighted by Gasteiger charge is -2.33. The molecule has 1 unspecified atom stereocenters. The first-order valence-corrected chi connectivity index (χ1v) is 18.0. The summed E-state index contributed by atoms with van der Waals surface area (Å²) in [6.45, 7) is 17.5. The zero-order valence-electron chi connectivity index (χ0n) is 32.0. The fourth-order valence-electron chi connectivity index (χ4n) is 5.18. The van der Waals surface area contributed by atoms with Crippen molar-refractivity contribution in [3.05, 3.63) is 57.7 Å². The number of ether oxygens (including phenoxy) is 4. The van der Waals surface area contributed by atoms with Crippen LogP contribution in [0.4, 0.5) is 30.3 Å². The van der Waals surface area contributed by atoms with Gasteiger partial charge in [-0.25, -0.2) is 18.8 Å². The van der Waals surface area contributed by atoms with E-state index in [4.69, 9.17) is 42.1 Å². The molecule has 4 amide bonds. The molecule has 3 heterocycles. The van der Waals surface area contributed by atoms with Gasteiger partial charge >= 0.3 is 18.3 Å². The molecule has 54 heavy (non-hydrogen) atoms. The Hall–Kier alpha value is -4.70. The first kappa shape index (κ1) is 42.0. The van der Waals surface area contributed by atoms with Crippen LogP contribution >= 0.6 is 23.2 Å². The van der Waals surface area contributed by atoms with Crippen molar-refractivity contribution in [3.63, 3.8) is 0 Å². The van der Waals surface area contributed by atoms with Gasteiger partial charge in [0.05, 0.1) is 22.9 Å². The molecular weight excluding hydrogens is 748 g/mol. The minimum atomic E-state index is -1.17. The number of nitrogens with one attached hydrogen (secondary N) is 1. The molecule has 0 bridgehead atoms. The topological polar surface area (TPSA) is 167 Å². The van der Waals surface area contributed by atoms with Gasteiger partial charge in [0, 0.05) is 35.9 Å². The summed E-state index contributed by atoms with van der Waals surface area (Å²) in [5.74, 6) is -2.31. The maximum Gasteiger partial charge on any atom is 0.425 e. The minimum Gasteiger partial charge on any atom is -0.482 e. The highest BCUT2D eigenvalue weighted by Gasteiger charge is 2.37. The summed E-state index contributed by atoms with van der Waals surface area (Å²) in [7, 11) is 0. The zero-order valence-corrected chi connectivity index (χ0v) is 33.5. The molecule has 18 heteroatoms. The highest BCUT2D eigenvalue weighted by Crippen LogP contribution is 2.38. The molecule has 0 spiro atoms. The van der Waals surface area contributed by atoms with Crippen molar-refractivity contribution < 1.29 is 42.5 Å². The summed E-state index contributed by atoms with van der Waals surface area (Å²) in [5, 5.41) is 14.9. The van der Waals surface area contributed by atoms with Gasteiger partial charge in [-0.15, -0.1) is 10.2 Å². The number of carbonyl (C=O) groups is 4. The van der Waals surface area contributed by atoms with Crippen LogP contribution in [0.5, 0.6) is 5.75 Å². The molecule has 0 saturated carbocycles. The van der Waals surface area contributed by atoms with Crippen LogP contribution in [0.25, 0.3) is 0 Å². The van der Waals surface area contributed by atoms with E-state index in [1.54, 1.807) is 57.3 Å². The van der Waals surface area contributed by atoms with Crippen LogP contribution in [0, 0.1) is 5.82 Å². The normalized spacial score (nSPS) is 14.6. The molecule has 1 atom stereocenters. The molecule has 1 aliphatic rings. The average molecular weight is 795 g/mol. The summed E-state index contributed by atoms with van der Waals surface area (Å²) in [6, 6.07) is 3.49. The smallest absolute Gasteiger partial charge is 0.425 e. The van der Waals surface area contributed by atoms with Gasteiger partial charge in [0.2, 0.25) is 5.82 Å². The van der Waals surface area contributed by atoms with Crippen molar-refractivity contribution in [2.24, 2.45) is 0 Å². The Morgan fingerprint density at radius 3 is 2.04 bits per heavy atom. The van der Waals surface area contributed by atoms with Crippen LogP contribution in [-0.2, 0) is 14.2 Å². The number of carbonyl (C=O) groups excluding carboxylic acids is 4. The van der Waals surface area contributed by atoms with Crippen LogP contribution in [-0.4, -0.2) is 79.0 Å². The number of hydrogen-bond donors (Lipinski definition) is 1. The van der Waals surface area contributed by atoms with E-state index < -0.39 is 52.6 Å². The van der Waals surface area contributed by atoms with E-state index in [1.165, 1.54) is 19.2 Å². The molecule has 4 rings (SSSR count). The predicted octanol–water partition coefficient (Wildman–Crippen LogP) is 8.76. The van der Waals surface area contributed by atoms with Gasteiger partial charge in [0.1, 0.15) is 28.7 Å². The summed E-state index contributed by atoms with van der Waals surface area (Å²) >= 11 is 12.6. The van der Waals surface area contributed by atoms with E-state index in [9.17, 15) is 23.6 Å². The second-order valence-electron chi connectivity index (χ2n) is 15.6. The summed E-state index contributed by atoms with van der Waals surface area (Å²) in [6.07, 6.45) is 0.504. The van der Waals surface area contributed by atoms with Gasteiger partial charge in [-0.3, -0.25) is 9.48 Å². The quantitative estimate of drug-likeness (QED) is 0.179. The number of piperidine rings is 1. The number of aromatic nitrogens is 4. The van der Waals surface area contributed by atoms with Crippen LogP contribution < -0.4 is 15.0 Å². The summed E-state index contributed by atoms with van der Waals surface area (Å²) in [5.41, 5.74) is -2.61. The van der Waals surface area contributed by atoms with Crippen molar-refractivity contribution in [1.82, 2.24) is 24.9 Å². The zero-order chi connectivity index (χ0) is 40.3. The Morgan fingerprint density at radius 1 is 0.907 bits per heavy atom. The van der Waals surface area contributed by atoms with Crippen LogP contribution in [0.3, 0.4) is 0 Å². The molecule has 3 aromatic rings. The standard InChI is InChI=1S/C36H46Cl2FN7O8/c1-20(27-23(37)11-12-24(39)28(27)38)51-26-17-25(42-43-29(26)46(32(49)53-35(5,6)7)33(50)54-36(8,9)10)30(47)41-21-18-40-45(19-21)22-13-15-44(16-14-22)31(48)52-34(2,3)4/h11-12,17-20,22H,13-16H2,1-10H3,(H,41,47). The lowest BCUT2D eigenvalue weighted by molar-refractivity contribution is 0.0183. The van der Waals surface area contributed by atoms with Crippen molar-refractivity contribution in [3.8, 4) is 5.75 Å². The van der Waals surface area contributed by atoms with Gasteiger partial charge < -0.3 is 29.2 Å². The summed E-state index contributed by atoms with van der Waals surface area (Å²) < 4.78 is 38.8. The molecule has 0 radical (unpaired) electrons. The fraction of sp³-hybridized carbons (Fsp3) is 0.528. The fourth-order valence-corrected chi connectivity index (χ4v) is 5.86. The highest BCUT2D eigenvalue weighted by atomic mass is 35.5. The molecule has 0 aliphatic carbocycles. The van der Waals surface area contributed by atoms with Gasteiger partial charge in [-0.05, 0) is 94.2 Å². The average Bonchev–Trinajstić information content (AvgIpc) is 3.49. The number of halogens is 3. The lowest BCUT2D eigenvalue weighted by Crippen LogP contribution is -2.44. The van der Waals surface area contributed by atoms with Gasteiger partial charge in [-0.1, -0.05) is 23.2 Å². The van der Waals surface area contributed by atoms with Crippen LogP contribution in [0.1, 0.15) is 110 Å². The molecule has 1 saturated heterocycles. The summed E-state index contributed by atoms with van der Waals surface area (Å²) in [4.78, 5) is 55.2. The third-order valence-electron chi connectivity index (χ3n) is 7.48. The van der Waals surface area contributed by atoms with E-state index in [2.05, 4.69) is 20.6 Å². The number of nitrogens with zero attached hydrogens (tertiary/aromatic N) is 6. The third kappa shape index (κ3) is 11.2. The van der Waals surface area contributed by atoms with Gasteiger partial charge in [-0.2, -0.15) is 10.00 Å². The number of likely N-dealkylation sites (tertiary alicyclic amines) is 1. The van der Waals surface area contributed by atoms with Gasteiger partial charge in [0.15, 0.2) is 11.4 Å². The molecule has 1 aromatic carbocycles. The molecular formula is C36H46Cl2FN7O8. The second kappa shape index (κ2) is 16.3. The van der Waals surface area contributed by atoms with Gasteiger partial charge in [0.25, 0.3) is 5.91 Å². The third-order valence-corrected chi connectivity index (χ3v) is 8.19. The second-order valence-corrected chi connectivity index (χ2v) is 16.4. The Bertz CT molecular complexity index is 1850. The van der Waals surface area contributed by atoms with Crippen LogP contribution in [0.15, 0.2) is 30.6 Å². The maximum atomic E-state index is 14.5. The molecule has 2 aromatic heterocycles. The molecule has 294 valence electrons. The predicted molar refractivity (Wildman–Crippen MR) is 199 cm³/mol. The first-order chi connectivity index (χ1) is 24.9. The molecule has 1 aliphatic heterocycles. The maximum absolute atomic E-state index is 14.5. The first-order valence-electron chi connectivity index (χ1n) is 17.2. The van der Waals surface area contributed by atoms with Crippen molar-refractivity contribution >= 4 is 58.9 Å². The Balaban J connectivity index is 1.64. The van der Waals surface area contributed by atoms with Crippen molar-refractivity contribution in [2.45, 2.75) is 111 Å². The number of benzene rings is 1. The van der Waals surface area contributed by atoms with Crippen molar-refractivity contribution in [1.29, 1.82) is 0 Å². The van der Waals surface area contributed by atoms with E-state index in [-0.39, 0.29) is 39.2 Å².